The molecule has 0 aromatic heterocycles. The van der Waals surface area contributed by atoms with Gasteiger partial charge in [0.15, 0.2) is 0 Å². The monoisotopic (exact) mass is 427 g/mol. The molecule has 1 unspecified atom stereocenters. The van der Waals surface area contributed by atoms with Crippen LogP contribution in [0.4, 0.5) is 4.79 Å². The van der Waals surface area contributed by atoms with Gasteiger partial charge in [-0.3, -0.25) is 4.79 Å². The van der Waals surface area contributed by atoms with E-state index in [9.17, 15) is 19.5 Å². The molecule has 0 aliphatic heterocycles. The standard InChI is InChI=1S/C23H23N3O5.Li/c24-20(26-23(30)31-14-16-5-2-1-3-6-16)17-11-9-15(10-12-17)13-25-21(27)18-7-4-8-19(18)22(28)29;/h1-3,5-7,9-12,19H,4,8,13-14H2,(H,25,27)(H,28,29)(H2,24,26,30);/q;+1/p-1. The Hall–Kier alpha value is -3.34. The third kappa shape index (κ3) is 6.84. The zero-order valence-electron chi connectivity index (χ0n) is 17.7. The van der Waals surface area contributed by atoms with Gasteiger partial charge in [-0.1, -0.05) is 60.7 Å². The largest absolute Gasteiger partial charge is 1.00 e. The molecule has 160 valence electrons. The van der Waals surface area contributed by atoms with E-state index >= 15 is 0 Å². The van der Waals surface area contributed by atoms with Gasteiger partial charge in [-0.25, -0.2) is 4.79 Å². The number of hydrogen-bond acceptors (Lipinski definition) is 5. The fourth-order valence-corrected chi connectivity index (χ4v) is 3.19. The molecule has 1 aliphatic rings. The molecule has 0 saturated carbocycles. The first-order valence-electron chi connectivity index (χ1n) is 9.77. The van der Waals surface area contributed by atoms with Gasteiger partial charge in [0.05, 0.1) is 0 Å². The molecular formula is C23H22LiN3O5. The summed E-state index contributed by atoms with van der Waals surface area (Å²) in [5, 5.41) is 13.8. The SMILES string of the molecule is N/C(=N/C(=O)OCc1ccccc1)c1ccc(CNC(=O)C2=CCCC2C(=O)[O-])cc1.[Li+]. The molecule has 0 spiro atoms. The molecule has 3 N–H and O–H groups in total. The minimum absolute atomic E-state index is 0. The molecule has 8 nitrogen and oxygen atoms in total. The number of carbonyl (C=O) groups excluding carboxylic acids is 3. The number of carboxylic acid groups (broad SMARTS) is 1. The average molecular weight is 427 g/mol. The number of hydrogen-bond donors (Lipinski definition) is 2. The van der Waals surface area contributed by atoms with Gasteiger partial charge in [-0.05, 0) is 24.0 Å². The number of nitrogens with two attached hydrogens (primary N) is 1. The molecule has 2 aromatic rings. The van der Waals surface area contributed by atoms with E-state index in [2.05, 4.69) is 10.3 Å². The molecule has 2 aromatic carbocycles. The normalized spacial score (nSPS) is 15.3. The zero-order chi connectivity index (χ0) is 22.2. The summed E-state index contributed by atoms with van der Waals surface area (Å²) in [6.07, 6.45) is 1.77. The van der Waals surface area contributed by atoms with Gasteiger partial charge in [-0.15, -0.1) is 0 Å². The van der Waals surface area contributed by atoms with Gasteiger partial charge in [-0.2, -0.15) is 4.99 Å². The van der Waals surface area contributed by atoms with Crippen molar-refractivity contribution in [1.29, 1.82) is 0 Å². The van der Waals surface area contributed by atoms with Gasteiger partial charge in [0, 0.05) is 29.6 Å². The second-order valence-corrected chi connectivity index (χ2v) is 7.03. The summed E-state index contributed by atoms with van der Waals surface area (Å²) in [6, 6.07) is 16.0. The number of rotatable bonds is 7. The maximum absolute atomic E-state index is 12.2. The molecule has 3 rings (SSSR count). The quantitative estimate of drug-likeness (QED) is 0.312. The molecule has 0 radical (unpaired) electrons. The topological polar surface area (TPSA) is 134 Å². The predicted octanol–water partition coefficient (Wildman–Crippen LogP) is -1.56. The summed E-state index contributed by atoms with van der Waals surface area (Å²) >= 11 is 0. The van der Waals surface area contributed by atoms with Crippen molar-refractivity contribution in [3.05, 3.63) is 82.9 Å². The smallest absolute Gasteiger partial charge is 0.549 e. The Morgan fingerprint density at radius 3 is 2.41 bits per heavy atom. The van der Waals surface area contributed by atoms with E-state index < -0.39 is 23.9 Å². The first kappa shape index (κ1) is 24.9. The van der Waals surface area contributed by atoms with E-state index in [1.807, 2.05) is 30.3 Å². The van der Waals surface area contributed by atoms with Crippen molar-refractivity contribution in [3.63, 3.8) is 0 Å². The molecule has 9 heteroatoms. The second-order valence-electron chi connectivity index (χ2n) is 7.03. The first-order valence-corrected chi connectivity index (χ1v) is 9.77. The Balaban J connectivity index is 0.00000363. The van der Waals surface area contributed by atoms with Crippen molar-refractivity contribution < 1.29 is 43.1 Å². The fraction of sp³-hybridized carbons (Fsp3) is 0.217. The Morgan fingerprint density at radius 1 is 1.06 bits per heavy atom. The van der Waals surface area contributed by atoms with Crippen LogP contribution in [0.3, 0.4) is 0 Å². The van der Waals surface area contributed by atoms with E-state index in [0.717, 1.165) is 11.1 Å². The number of benzene rings is 2. The average Bonchev–Trinajstić information content (AvgIpc) is 3.27. The minimum Gasteiger partial charge on any atom is -0.549 e. The summed E-state index contributed by atoms with van der Waals surface area (Å²) in [5.41, 5.74) is 8.26. The van der Waals surface area contributed by atoms with Crippen LogP contribution < -0.4 is 35.0 Å². The third-order valence-electron chi connectivity index (χ3n) is 4.86. The number of nitrogens with zero attached hydrogens (tertiary/aromatic N) is 1. The Bertz CT molecular complexity index is 1020. The van der Waals surface area contributed by atoms with Crippen molar-refractivity contribution in [2.24, 2.45) is 16.6 Å². The number of carbonyl (C=O) groups is 3. The third-order valence-corrected chi connectivity index (χ3v) is 4.86. The maximum atomic E-state index is 12.2. The van der Waals surface area contributed by atoms with Crippen LogP contribution in [0.5, 0.6) is 0 Å². The summed E-state index contributed by atoms with van der Waals surface area (Å²) in [6.45, 7) is 0.316. The molecule has 32 heavy (non-hydrogen) atoms. The summed E-state index contributed by atoms with van der Waals surface area (Å²) < 4.78 is 5.08. The van der Waals surface area contributed by atoms with E-state index in [1.54, 1.807) is 30.3 Å². The first-order chi connectivity index (χ1) is 14.9. The van der Waals surface area contributed by atoms with Crippen molar-refractivity contribution in [2.45, 2.75) is 26.0 Å². The Morgan fingerprint density at radius 2 is 1.75 bits per heavy atom. The fourth-order valence-electron chi connectivity index (χ4n) is 3.19. The molecule has 0 heterocycles. The number of ether oxygens (including phenoxy) is 1. The number of amidine groups is 1. The number of carboxylic acids is 1. The van der Waals surface area contributed by atoms with Gasteiger partial charge < -0.3 is 25.7 Å². The van der Waals surface area contributed by atoms with Crippen LogP contribution in [0, 0.1) is 5.92 Å². The molecule has 1 atom stereocenters. The van der Waals surface area contributed by atoms with E-state index in [1.165, 1.54) is 0 Å². The number of aliphatic imine (C=N–C) groups is 1. The molecular weight excluding hydrogens is 405 g/mol. The van der Waals surface area contributed by atoms with Gasteiger partial charge in [0.1, 0.15) is 12.4 Å². The molecule has 0 bridgehead atoms. The van der Waals surface area contributed by atoms with Crippen LogP contribution in [0.2, 0.25) is 0 Å². The molecule has 2 amide bonds. The van der Waals surface area contributed by atoms with Crippen LogP contribution >= 0.6 is 0 Å². The van der Waals surface area contributed by atoms with Gasteiger partial charge in [0.25, 0.3) is 0 Å². The summed E-state index contributed by atoms with van der Waals surface area (Å²) in [4.78, 5) is 38.9. The molecule has 0 fully saturated rings. The minimum atomic E-state index is -1.24. The zero-order valence-corrected chi connectivity index (χ0v) is 17.7. The number of aliphatic carboxylic acids is 1. The van der Waals surface area contributed by atoms with Crippen molar-refractivity contribution in [2.75, 3.05) is 0 Å². The second kappa shape index (κ2) is 11.9. The van der Waals surface area contributed by atoms with Crippen molar-refractivity contribution in [3.8, 4) is 0 Å². The Kier molecular flexibility index (Phi) is 9.26. The maximum Gasteiger partial charge on any atom is 1.00 e. The number of allylic oxidation sites excluding steroid dienone is 1. The number of nitrogens with one attached hydrogen (secondary N) is 1. The molecule has 1 aliphatic carbocycles. The van der Waals surface area contributed by atoms with Gasteiger partial charge >= 0.3 is 25.0 Å². The van der Waals surface area contributed by atoms with E-state index in [-0.39, 0.29) is 43.4 Å². The summed E-state index contributed by atoms with van der Waals surface area (Å²) in [5.74, 6) is -2.50. The van der Waals surface area contributed by atoms with Crippen molar-refractivity contribution in [1.82, 2.24) is 5.32 Å². The number of amides is 2. The van der Waals surface area contributed by atoms with Crippen LogP contribution in [0.1, 0.15) is 29.5 Å². The van der Waals surface area contributed by atoms with Crippen LogP contribution in [0.15, 0.2) is 71.2 Å². The molecule has 0 saturated heterocycles. The Labute approximate surface area is 197 Å². The summed E-state index contributed by atoms with van der Waals surface area (Å²) in [7, 11) is 0. The van der Waals surface area contributed by atoms with Gasteiger partial charge in [0.2, 0.25) is 5.91 Å². The van der Waals surface area contributed by atoms with Crippen LogP contribution in [0.25, 0.3) is 0 Å². The van der Waals surface area contributed by atoms with Crippen LogP contribution in [-0.2, 0) is 27.5 Å². The van der Waals surface area contributed by atoms with Crippen LogP contribution in [-0.4, -0.2) is 23.8 Å². The van der Waals surface area contributed by atoms with E-state index in [0.29, 0.717) is 18.4 Å². The van der Waals surface area contributed by atoms with E-state index in [4.69, 9.17) is 10.5 Å². The van der Waals surface area contributed by atoms with Crippen molar-refractivity contribution >= 4 is 23.8 Å². The predicted molar refractivity (Wildman–Crippen MR) is 111 cm³/mol.